The van der Waals surface area contributed by atoms with Crippen molar-refractivity contribution < 1.29 is 18.3 Å². The van der Waals surface area contributed by atoms with Gasteiger partial charge in [-0.05, 0) is 31.0 Å². The van der Waals surface area contributed by atoms with Crippen molar-refractivity contribution in [2.75, 3.05) is 0 Å². The highest BCUT2D eigenvalue weighted by molar-refractivity contribution is 7.92. The molecule has 0 amide bonds. The first-order valence-electron chi connectivity index (χ1n) is 5.59. The summed E-state index contributed by atoms with van der Waals surface area (Å²) in [6, 6.07) is 5.59. The molecule has 0 aromatic heterocycles. The first-order chi connectivity index (χ1) is 8.01. The van der Waals surface area contributed by atoms with Gasteiger partial charge < -0.3 is 5.11 Å². The summed E-state index contributed by atoms with van der Waals surface area (Å²) >= 11 is 0. The van der Waals surface area contributed by atoms with Gasteiger partial charge in [0.05, 0.1) is 15.7 Å². The molecule has 1 saturated carbocycles. The predicted octanol–water partition coefficient (Wildman–Crippen LogP) is 2.10. The third-order valence-corrected chi connectivity index (χ3v) is 5.41. The lowest BCUT2D eigenvalue weighted by atomic mass is 10.2. The van der Waals surface area contributed by atoms with Crippen LogP contribution in [0.15, 0.2) is 29.2 Å². The average molecular weight is 254 g/mol. The maximum Gasteiger partial charge on any atom is 0.335 e. The summed E-state index contributed by atoms with van der Waals surface area (Å²) in [5.74, 6) is -1.10. The monoisotopic (exact) mass is 254 g/mol. The van der Waals surface area contributed by atoms with E-state index in [1.54, 1.807) is 0 Å². The van der Waals surface area contributed by atoms with Gasteiger partial charge in [0.15, 0.2) is 9.84 Å². The summed E-state index contributed by atoms with van der Waals surface area (Å²) in [6.07, 6.45) is 3.23. The Morgan fingerprint density at radius 3 is 2.47 bits per heavy atom. The minimum Gasteiger partial charge on any atom is -0.478 e. The lowest BCUT2D eigenvalue weighted by Crippen LogP contribution is -2.18. The summed E-state index contributed by atoms with van der Waals surface area (Å²) < 4.78 is 24.4. The first-order valence-corrected chi connectivity index (χ1v) is 7.14. The standard InChI is InChI=1S/C12H14O4S/c13-12(14)9-4-3-7-11(8-9)17(15,16)10-5-1-2-6-10/h3-4,7-8,10H,1-2,5-6H2,(H,13,14). The van der Waals surface area contributed by atoms with Crippen LogP contribution in [0.4, 0.5) is 0 Å². The molecule has 0 unspecified atom stereocenters. The Hall–Kier alpha value is -1.36. The molecular weight excluding hydrogens is 240 g/mol. The SMILES string of the molecule is O=C(O)c1cccc(S(=O)(=O)C2CCCC2)c1. The van der Waals surface area contributed by atoms with Crippen molar-refractivity contribution in [2.45, 2.75) is 35.8 Å². The topological polar surface area (TPSA) is 71.4 Å². The van der Waals surface area contributed by atoms with Crippen molar-refractivity contribution in [3.05, 3.63) is 29.8 Å². The largest absolute Gasteiger partial charge is 0.478 e. The van der Waals surface area contributed by atoms with Gasteiger partial charge in [0.2, 0.25) is 0 Å². The van der Waals surface area contributed by atoms with Gasteiger partial charge in [0.1, 0.15) is 0 Å². The van der Waals surface area contributed by atoms with Gasteiger partial charge in [-0.2, -0.15) is 0 Å². The summed E-state index contributed by atoms with van der Waals surface area (Å²) in [4.78, 5) is 10.9. The first kappa shape index (κ1) is 12.1. The Bertz CT molecular complexity index is 527. The molecule has 17 heavy (non-hydrogen) atoms. The number of sulfone groups is 1. The van der Waals surface area contributed by atoms with E-state index in [9.17, 15) is 13.2 Å². The van der Waals surface area contributed by atoms with Crippen LogP contribution in [-0.4, -0.2) is 24.7 Å². The predicted molar refractivity (Wildman–Crippen MR) is 62.8 cm³/mol. The smallest absolute Gasteiger partial charge is 0.335 e. The zero-order valence-electron chi connectivity index (χ0n) is 9.30. The second-order valence-electron chi connectivity index (χ2n) is 4.28. The van der Waals surface area contributed by atoms with Gasteiger partial charge in [-0.1, -0.05) is 18.9 Å². The zero-order valence-corrected chi connectivity index (χ0v) is 10.1. The molecule has 2 rings (SSSR count). The van der Waals surface area contributed by atoms with Gasteiger partial charge in [-0.25, -0.2) is 13.2 Å². The van der Waals surface area contributed by atoms with Crippen molar-refractivity contribution in [1.29, 1.82) is 0 Å². The Labute approximate surface area is 100 Å². The van der Waals surface area contributed by atoms with E-state index in [-0.39, 0.29) is 15.7 Å². The van der Waals surface area contributed by atoms with Gasteiger partial charge in [0.25, 0.3) is 0 Å². The van der Waals surface area contributed by atoms with Crippen LogP contribution in [0.3, 0.4) is 0 Å². The molecule has 0 radical (unpaired) electrons. The van der Waals surface area contributed by atoms with E-state index in [4.69, 9.17) is 5.11 Å². The maximum atomic E-state index is 12.2. The summed E-state index contributed by atoms with van der Waals surface area (Å²) in [6.45, 7) is 0. The van der Waals surface area contributed by atoms with Crippen LogP contribution in [0.1, 0.15) is 36.0 Å². The Kier molecular flexibility index (Phi) is 3.19. The molecule has 0 spiro atoms. The molecule has 1 aromatic rings. The molecule has 0 heterocycles. The fourth-order valence-corrected chi connectivity index (χ4v) is 4.10. The molecular formula is C12H14O4S. The molecule has 5 heteroatoms. The normalized spacial score (nSPS) is 17.2. The quantitative estimate of drug-likeness (QED) is 0.896. The van der Waals surface area contributed by atoms with Crippen molar-refractivity contribution in [3.8, 4) is 0 Å². The lowest BCUT2D eigenvalue weighted by Gasteiger charge is -2.11. The minimum atomic E-state index is -3.36. The average Bonchev–Trinajstić information content (AvgIpc) is 2.83. The van der Waals surface area contributed by atoms with Gasteiger partial charge in [-0.15, -0.1) is 0 Å². The highest BCUT2D eigenvalue weighted by Gasteiger charge is 2.30. The van der Waals surface area contributed by atoms with Crippen LogP contribution in [0, 0.1) is 0 Å². The summed E-state index contributed by atoms with van der Waals surface area (Å²) in [5, 5.41) is 8.50. The maximum absolute atomic E-state index is 12.2. The zero-order chi connectivity index (χ0) is 12.5. The van der Waals surface area contributed by atoms with E-state index in [1.807, 2.05) is 0 Å². The number of rotatable bonds is 3. The van der Waals surface area contributed by atoms with Crippen molar-refractivity contribution in [1.82, 2.24) is 0 Å². The Morgan fingerprint density at radius 2 is 1.88 bits per heavy atom. The van der Waals surface area contributed by atoms with Crippen LogP contribution in [-0.2, 0) is 9.84 Å². The third-order valence-electron chi connectivity index (χ3n) is 3.15. The van der Waals surface area contributed by atoms with Gasteiger partial charge in [-0.3, -0.25) is 0 Å². The number of carboxylic acids is 1. The van der Waals surface area contributed by atoms with E-state index >= 15 is 0 Å². The second-order valence-corrected chi connectivity index (χ2v) is 6.51. The summed E-state index contributed by atoms with van der Waals surface area (Å²) in [7, 11) is -3.36. The van der Waals surface area contributed by atoms with E-state index in [0.717, 1.165) is 12.8 Å². The molecule has 0 bridgehead atoms. The Morgan fingerprint density at radius 1 is 1.24 bits per heavy atom. The van der Waals surface area contributed by atoms with Gasteiger partial charge in [0, 0.05) is 0 Å². The van der Waals surface area contributed by atoms with E-state index in [0.29, 0.717) is 12.8 Å². The molecule has 92 valence electrons. The van der Waals surface area contributed by atoms with Crippen LogP contribution >= 0.6 is 0 Å². The van der Waals surface area contributed by atoms with E-state index < -0.39 is 15.8 Å². The van der Waals surface area contributed by atoms with Crippen molar-refractivity contribution in [2.24, 2.45) is 0 Å². The number of hydrogen-bond acceptors (Lipinski definition) is 3. The number of carbonyl (C=O) groups is 1. The molecule has 0 aliphatic heterocycles. The third kappa shape index (κ3) is 2.34. The molecule has 4 nitrogen and oxygen atoms in total. The van der Waals surface area contributed by atoms with Crippen molar-refractivity contribution >= 4 is 15.8 Å². The fourth-order valence-electron chi connectivity index (χ4n) is 2.20. The second kappa shape index (κ2) is 4.49. The summed E-state index contributed by atoms with van der Waals surface area (Å²) in [5.41, 5.74) is 0.0177. The van der Waals surface area contributed by atoms with Crippen LogP contribution < -0.4 is 0 Å². The highest BCUT2D eigenvalue weighted by Crippen LogP contribution is 2.29. The van der Waals surface area contributed by atoms with Crippen LogP contribution in [0.5, 0.6) is 0 Å². The number of carboxylic acid groups (broad SMARTS) is 1. The molecule has 1 aliphatic carbocycles. The minimum absolute atomic E-state index is 0.0177. The molecule has 1 N–H and O–H groups in total. The molecule has 1 fully saturated rings. The van der Waals surface area contributed by atoms with Gasteiger partial charge >= 0.3 is 5.97 Å². The molecule has 1 aromatic carbocycles. The number of hydrogen-bond donors (Lipinski definition) is 1. The molecule has 0 saturated heterocycles. The highest BCUT2D eigenvalue weighted by atomic mass is 32.2. The van der Waals surface area contributed by atoms with E-state index in [2.05, 4.69) is 0 Å². The van der Waals surface area contributed by atoms with E-state index in [1.165, 1.54) is 24.3 Å². The Balaban J connectivity index is 2.39. The van der Waals surface area contributed by atoms with Crippen LogP contribution in [0.2, 0.25) is 0 Å². The number of aromatic carboxylic acids is 1. The lowest BCUT2D eigenvalue weighted by molar-refractivity contribution is 0.0696. The van der Waals surface area contributed by atoms with Crippen LogP contribution in [0.25, 0.3) is 0 Å². The number of benzene rings is 1. The molecule has 0 atom stereocenters. The van der Waals surface area contributed by atoms with Crippen molar-refractivity contribution in [3.63, 3.8) is 0 Å². The fraction of sp³-hybridized carbons (Fsp3) is 0.417. The molecule has 1 aliphatic rings.